The first-order valence-electron chi connectivity index (χ1n) is 1.57. The first kappa shape index (κ1) is 29.2. The van der Waals surface area contributed by atoms with Crippen LogP contribution in [0.4, 0.5) is 0 Å². The van der Waals surface area contributed by atoms with Gasteiger partial charge in [0.05, 0.1) is 0 Å². The van der Waals surface area contributed by atoms with E-state index >= 15 is 0 Å². The fourth-order valence-electron chi connectivity index (χ4n) is 0. The van der Waals surface area contributed by atoms with Crippen LogP contribution in [0.3, 0.4) is 0 Å². The minimum Gasteiger partial charge on any atom is -0.344 e. The van der Waals surface area contributed by atoms with Crippen molar-refractivity contribution in [2.24, 2.45) is 0 Å². The maximum Gasteiger partial charge on any atom is 0.466 e. The fourth-order valence-corrected chi connectivity index (χ4v) is 0. The van der Waals surface area contributed by atoms with Crippen LogP contribution in [0.2, 0.25) is 0 Å². The molecular formula is C2H17NO8P2. The van der Waals surface area contributed by atoms with Gasteiger partial charge in [-0.1, -0.05) is 14.9 Å². The lowest BCUT2D eigenvalue weighted by Gasteiger charge is -1.82. The topological polar surface area (TPSA) is 191 Å². The zero-order valence-corrected chi connectivity index (χ0v) is 6.89. The third-order valence-electron chi connectivity index (χ3n) is 0. The van der Waals surface area contributed by atoms with Crippen molar-refractivity contribution in [3.8, 4) is 0 Å². The van der Waals surface area contributed by atoms with Crippen molar-refractivity contribution in [2.75, 3.05) is 0 Å². The van der Waals surface area contributed by atoms with Gasteiger partial charge in [-0.15, -0.1) is 0 Å². The van der Waals surface area contributed by atoms with E-state index in [0.29, 0.717) is 0 Å². The Hall–Kier alpha value is 0.180. The maximum atomic E-state index is 8.88. The van der Waals surface area contributed by atoms with Crippen LogP contribution in [0, 0.1) is 0 Å². The molecule has 0 heterocycles. The van der Waals surface area contributed by atoms with E-state index in [0.717, 1.165) is 0 Å². The SMILES string of the molecule is C.C.N.O=P(O)(O)O.O=P(O)(O)O. The van der Waals surface area contributed by atoms with E-state index in [9.17, 15) is 0 Å². The van der Waals surface area contributed by atoms with E-state index in [2.05, 4.69) is 0 Å². The molecule has 0 saturated carbocycles. The van der Waals surface area contributed by atoms with Gasteiger partial charge in [-0.25, -0.2) is 9.13 Å². The highest BCUT2D eigenvalue weighted by Gasteiger charge is 2.00. The van der Waals surface area contributed by atoms with E-state index in [4.69, 9.17) is 38.5 Å². The molecule has 0 aliphatic carbocycles. The van der Waals surface area contributed by atoms with Crippen molar-refractivity contribution in [1.29, 1.82) is 0 Å². The second-order valence-electron chi connectivity index (χ2n) is 1.03. The second kappa shape index (κ2) is 10.3. The molecule has 0 fully saturated rings. The molecule has 9 N–H and O–H groups in total. The molecule has 88 valence electrons. The molecule has 11 heteroatoms. The van der Waals surface area contributed by atoms with Crippen molar-refractivity contribution in [3.63, 3.8) is 0 Å². The summed E-state index contributed by atoms with van der Waals surface area (Å²) in [6.07, 6.45) is 0. The Morgan fingerprint density at radius 2 is 0.615 bits per heavy atom. The molecule has 0 aromatic heterocycles. The monoisotopic (exact) mass is 245 g/mol. The van der Waals surface area contributed by atoms with Gasteiger partial charge in [0, 0.05) is 0 Å². The Balaban J connectivity index is -0.0000000267. The van der Waals surface area contributed by atoms with E-state index < -0.39 is 15.6 Å². The van der Waals surface area contributed by atoms with Crippen LogP contribution in [0.5, 0.6) is 0 Å². The van der Waals surface area contributed by atoms with Crippen LogP contribution >= 0.6 is 15.6 Å². The third-order valence-corrected chi connectivity index (χ3v) is 0. The smallest absolute Gasteiger partial charge is 0.344 e. The first-order valence-corrected chi connectivity index (χ1v) is 4.70. The predicted octanol–water partition coefficient (Wildman–Crippen LogP) is -0.423. The molecule has 0 amide bonds. The van der Waals surface area contributed by atoms with Gasteiger partial charge in [-0.3, -0.25) is 0 Å². The average molecular weight is 245 g/mol. The summed E-state index contributed by atoms with van der Waals surface area (Å²) in [6, 6.07) is 0. The standard InChI is InChI=1S/2CH4.H3N.2H3O4P/c;;;2*1-5(2,3)4/h2*1H4;1H3;2*(H3,1,2,3,4). The van der Waals surface area contributed by atoms with Gasteiger partial charge in [-0.2, -0.15) is 0 Å². The molecular weight excluding hydrogens is 228 g/mol. The third kappa shape index (κ3) is 39000. The summed E-state index contributed by atoms with van der Waals surface area (Å²) >= 11 is 0. The molecule has 0 bridgehead atoms. The summed E-state index contributed by atoms with van der Waals surface area (Å²) in [5.74, 6) is 0. The van der Waals surface area contributed by atoms with Crippen molar-refractivity contribution in [2.45, 2.75) is 14.9 Å². The predicted molar refractivity (Wildman–Crippen MR) is 47.0 cm³/mol. The number of hydrogen-bond acceptors (Lipinski definition) is 3. The van der Waals surface area contributed by atoms with E-state index in [1.807, 2.05) is 0 Å². The second-order valence-corrected chi connectivity index (χ2v) is 3.08. The molecule has 0 spiro atoms. The van der Waals surface area contributed by atoms with Crippen molar-refractivity contribution in [3.05, 3.63) is 0 Å². The van der Waals surface area contributed by atoms with Gasteiger partial charge >= 0.3 is 15.6 Å². The van der Waals surface area contributed by atoms with Gasteiger partial charge in [0.2, 0.25) is 0 Å². The van der Waals surface area contributed by atoms with Crippen molar-refractivity contribution in [1.82, 2.24) is 6.15 Å². The average Bonchev–Trinajstić information content (AvgIpc) is 1.12. The van der Waals surface area contributed by atoms with Gasteiger partial charge in [0.25, 0.3) is 0 Å². The first-order chi connectivity index (χ1) is 4.00. The quantitative estimate of drug-likeness (QED) is 0.277. The lowest BCUT2D eigenvalue weighted by molar-refractivity contribution is 0.272. The van der Waals surface area contributed by atoms with Crippen molar-refractivity contribution >= 4 is 15.6 Å². The molecule has 13 heavy (non-hydrogen) atoms. The summed E-state index contributed by atoms with van der Waals surface area (Å²) in [5, 5.41) is 0. The maximum absolute atomic E-state index is 8.88. The largest absolute Gasteiger partial charge is 0.466 e. The van der Waals surface area contributed by atoms with Gasteiger partial charge < -0.3 is 35.5 Å². The molecule has 0 rings (SSSR count). The highest BCUT2D eigenvalue weighted by Crippen LogP contribution is 2.26. The minimum atomic E-state index is -4.64. The lowest BCUT2D eigenvalue weighted by Crippen LogP contribution is -1.66. The molecule has 0 aliphatic rings. The molecule has 0 radical (unpaired) electrons. The molecule has 0 aromatic rings. The Bertz CT molecular complexity index is 132. The Labute approximate surface area is 76.1 Å². The highest BCUT2D eigenvalue weighted by molar-refractivity contribution is 7.45. The van der Waals surface area contributed by atoms with Crippen LogP contribution in [0.25, 0.3) is 0 Å². The zero-order valence-electron chi connectivity index (χ0n) is 5.10. The molecule has 9 nitrogen and oxygen atoms in total. The molecule has 0 aliphatic heterocycles. The summed E-state index contributed by atoms with van der Waals surface area (Å²) in [7, 11) is -9.28. The molecule has 0 atom stereocenters. The van der Waals surface area contributed by atoms with Crippen molar-refractivity contribution < 1.29 is 38.5 Å². The number of hydrogen-bond donors (Lipinski definition) is 7. The van der Waals surface area contributed by atoms with Gasteiger partial charge in [-0.05, 0) is 0 Å². The molecule has 0 saturated heterocycles. The van der Waals surface area contributed by atoms with Crippen LogP contribution < -0.4 is 6.15 Å². The number of phosphoric acid groups is 2. The van der Waals surface area contributed by atoms with Crippen LogP contribution in [0.1, 0.15) is 14.9 Å². The summed E-state index contributed by atoms with van der Waals surface area (Å²) < 4.78 is 17.8. The van der Waals surface area contributed by atoms with E-state index in [1.165, 1.54) is 0 Å². The van der Waals surface area contributed by atoms with E-state index in [-0.39, 0.29) is 21.0 Å². The van der Waals surface area contributed by atoms with E-state index in [1.54, 1.807) is 0 Å². The van der Waals surface area contributed by atoms with Gasteiger partial charge in [0.15, 0.2) is 0 Å². The van der Waals surface area contributed by atoms with Crippen LogP contribution in [0.15, 0.2) is 0 Å². The number of rotatable bonds is 0. The Morgan fingerprint density at radius 1 is 0.615 bits per heavy atom. The lowest BCUT2D eigenvalue weighted by atomic mass is 12.0. The highest BCUT2D eigenvalue weighted by atomic mass is 31.2. The van der Waals surface area contributed by atoms with Crippen LogP contribution in [-0.2, 0) is 9.13 Å². The zero-order chi connectivity index (χ0) is 9.00. The Kier molecular flexibility index (Phi) is 23.1. The summed E-state index contributed by atoms with van der Waals surface area (Å²) in [4.78, 5) is 43.1. The fraction of sp³-hybridized carbons (Fsp3) is 1.00. The minimum absolute atomic E-state index is 0. The normalized spacial score (nSPS) is 9.08. The molecule has 0 unspecified atom stereocenters. The van der Waals surface area contributed by atoms with Gasteiger partial charge in [0.1, 0.15) is 0 Å². The summed E-state index contributed by atoms with van der Waals surface area (Å²) in [6.45, 7) is 0. The molecule has 0 aromatic carbocycles. The van der Waals surface area contributed by atoms with Crippen LogP contribution in [-0.4, -0.2) is 29.4 Å². The summed E-state index contributed by atoms with van der Waals surface area (Å²) in [5.41, 5.74) is 0. The Morgan fingerprint density at radius 3 is 0.615 bits per heavy atom.